The molecule has 0 fully saturated rings. The molecular formula is C27H22N2O3. The largest absolute Gasteiger partial charge is 0.494 e. The highest BCUT2D eigenvalue weighted by molar-refractivity contribution is 6.07. The number of nitriles is 1. The third-order valence-corrected chi connectivity index (χ3v) is 4.99. The number of carbonyl (C=O) groups is 1. The third-order valence-electron chi connectivity index (χ3n) is 4.99. The number of fused-ring (bicyclic) bond motifs is 1. The van der Waals surface area contributed by atoms with Crippen LogP contribution in [-0.4, -0.2) is 12.5 Å². The summed E-state index contributed by atoms with van der Waals surface area (Å²) < 4.78 is 11.7. The number of anilines is 1. The molecule has 4 rings (SSSR count). The number of nitrogens with one attached hydrogen (secondary N) is 1. The van der Waals surface area contributed by atoms with Gasteiger partial charge in [0.15, 0.2) is 0 Å². The molecule has 1 N–H and O–H groups in total. The summed E-state index contributed by atoms with van der Waals surface area (Å²) >= 11 is 0. The van der Waals surface area contributed by atoms with Crippen LogP contribution in [0.1, 0.15) is 24.2 Å². The minimum atomic E-state index is -0.483. The zero-order chi connectivity index (χ0) is 22.3. The molecule has 1 atom stereocenters. The Morgan fingerprint density at radius 3 is 2.50 bits per heavy atom. The first-order valence-corrected chi connectivity index (χ1v) is 10.4. The Bertz CT molecular complexity index is 1210. The molecule has 1 heterocycles. The second kappa shape index (κ2) is 9.67. The number of nitrogens with zero attached hydrogens (tertiary/aromatic N) is 1. The lowest BCUT2D eigenvalue weighted by molar-refractivity contribution is -0.112. The Labute approximate surface area is 187 Å². The van der Waals surface area contributed by atoms with E-state index in [9.17, 15) is 10.1 Å². The summed E-state index contributed by atoms with van der Waals surface area (Å²) in [4.78, 5) is 12.8. The van der Waals surface area contributed by atoms with Crippen LogP contribution in [0.25, 0.3) is 6.08 Å². The fraction of sp³-hybridized carbons (Fsp3) is 0.111. The van der Waals surface area contributed by atoms with Gasteiger partial charge in [-0.1, -0.05) is 48.5 Å². The summed E-state index contributed by atoms with van der Waals surface area (Å²) in [5.41, 5.74) is 3.14. The van der Waals surface area contributed by atoms with Crippen LogP contribution >= 0.6 is 0 Å². The summed E-state index contributed by atoms with van der Waals surface area (Å²) in [5.74, 6) is 0.995. The van der Waals surface area contributed by atoms with Crippen LogP contribution < -0.4 is 14.8 Å². The van der Waals surface area contributed by atoms with Gasteiger partial charge in [-0.2, -0.15) is 5.26 Å². The quantitative estimate of drug-likeness (QED) is 0.409. The van der Waals surface area contributed by atoms with Crippen LogP contribution in [0.3, 0.4) is 0 Å². The first-order valence-electron chi connectivity index (χ1n) is 10.4. The first-order chi connectivity index (χ1) is 15.7. The van der Waals surface area contributed by atoms with Gasteiger partial charge in [0.25, 0.3) is 5.91 Å². The Morgan fingerprint density at radius 2 is 1.78 bits per heavy atom. The Morgan fingerprint density at radius 1 is 1.06 bits per heavy atom. The predicted octanol–water partition coefficient (Wildman–Crippen LogP) is 5.69. The average molecular weight is 422 g/mol. The van der Waals surface area contributed by atoms with Gasteiger partial charge in [-0.15, -0.1) is 0 Å². The lowest BCUT2D eigenvalue weighted by Gasteiger charge is -2.26. The predicted molar refractivity (Wildman–Crippen MR) is 124 cm³/mol. The van der Waals surface area contributed by atoms with Crippen molar-refractivity contribution in [1.29, 1.82) is 5.26 Å². The summed E-state index contributed by atoms with van der Waals surface area (Å²) in [6.07, 6.45) is 3.13. The number of para-hydroxylation sites is 1. The standard InChI is InChI=1S/C27H22N2O3/c1-2-31-24-14-12-23(13-15-24)29-27(30)22(18-28)17-21-16-20-10-6-7-11-25(20)32-26(21)19-8-4-3-5-9-19/h3-17,26H,2H2,1H3,(H,29,30)/b22-17+. The molecule has 158 valence electrons. The van der Waals surface area contributed by atoms with Crippen molar-refractivity contribution in [2.24, 2.45) is 0 Å². The normalized spacial score (nSPS) is 14.9. The second-order valence-electron chi connectivity index (χ2n) is 7.17. The van der Waals surface area contributed by atoms with Crippen molar-refractivity contribution in [1.82, 2.24) is 0 Å². The van der Waals surface area contributed by atoms with Crippen molar-refractivity contribution in [3.05, 3.63) is 107 Å². The highest BCUT2D eigenvalue weighted by Gasteiger charge is 2.24. The van der Waals surface area contributed by atoms with Gasteiger partial charge >= 0.3 is 0 Å². The van der Waals surface area contributed by atoms with Crippen molar-refractivity contribution in [2.45, 2.75) is 13.0 Å². The molecule has 0 spiro atoms. The van der Waals surface area contributed by atoms with Gasteiger partial charge in [0.1, 0.15) is 29.2 Å². The fourth-order valence-electron chi connectivity index (χ4n) is 3.48. The Balaban J connectivity index is 1.63. The number of benzene rings is 3. The number of amides is 1. The van der Waals surface area contributed by atoms with Crippen LogP contribution in [0, 0.1) is 11.3 Å². The van der Waals surface area contributed by atoms with Crippen LogP contribution in [-0.2, 0) is 4.79 Å². The van der Waals surface area contributed by atoms with Gasteiger partial charge in [-0.25, -0.2) is 0 Å². The lowest BCUT2D eigenvalue weighted by atomic mass is 9.94. The van der Waals surface area contributed by atoms with Crippen LogP contribution in [0.15, 0.2) is 96.1 Å². The number of carbonyl (C=O) groups excluding carboxylic acids is 1. The van der Waals surface area contributed by atoms with E-state index < -0.39 is 12.0 Å². The lowest BCUT2D eigenvalue weighted by Crippen LogP contribution is -2.17. The van der Waals surface area contributed by atoms with E-state index in [1.165, 1.54) is 0 Å². The zero-order valence-electron chi connectivity index (χ0n) is 17.6. The summed E-state index contributed by atoms with van der Waals surface area (Å²) in [6.45, 7) is 2.47. The molecule has 0 radical (unpaired) electrons. The van der Waals surface area contributed by atoms with E-state index in [-0.39, 0.29) is 5.57 Å². The molecule has 32 heavy (non-hydrogen) atoms. The molecule has 5 nitrogen and oxygen atoms in total. The van der Waals surface area contributed by atoms with Crippen LogP contribution in [0.4, 0.5) is 5.69 Å². The highest BCUT2D eigenvalue weighted by Crippen LogP contribution is 2.38. The molecule has 0 bridgehead atoms. The molecule has 0 saturated carbocycles. The zero-order valence-corrected chi connectivity index (χ0v) is 17.6. The molecule has 1 aliphatic heterocycles. The number of ether oxygens (including phenoxy) is 2. The van der Waals surface area contributed by atoms with E-state index in [4.69, 9.17) is 9.47 Å². The molecule has 1 unspecified atom stereocenters. The van der Waals surface area contributed by atoms with E-state index in [2.05, 4.69) is 5.32 Å². The highest BCUT2D eigenvalue weighted by atomic mass is 16.5. The molecule has 3 aromatic carbocycles. The second-order valence-corrected chi connectivity index (χ2v) is 7.17. The molecule has 1 aliphatic rings. The fourth-order valence-corrected chi connectivity index (χ4v) is 3.48. The van der Waals surface area contributed by atoms with Crippen molar-refractivity contribution in [3.63, 3.8) is 0 Å². The molecule has 0 aromatic heterocycles. The maximum atomic E-state index is 12.8. The van der Waals surface area contributed by atoms with Gasteiger partial charge < -0.3 is 14.8 Å². The van der Waals surface area contributed by atoms with E-state index in [0.717, 1.165) is 28.2 Å². The van der Waals surface area contributed by atoms with E-state index in [1.807, 2.05) is 73.7 Å². The smallest absolute Gasteiger partial charge is 0.266 e. The monoisotopic (exact) mass is 422 g/mol. The summed E-state index contributed by atoms with van der Waals surface area (Å²) in [7, 11) is 0. The maximum absolute atomic E-state index is 12.8. The van der Waals surface area contributed by atoms with Crippen LogP contribution in [0.2, 0.25) is 0 Å². The van der Waals surface area contributed by atoms with E-state index in [1.54, 1.807) is 30.3 Å². The van der Waals surface area contributed by atoms with Gasteiger partial charge in [-0.05, 0) is 60.5 Å². The molecular weight excluding hydrogens is 400 g/mol. The summed E-state index contributed by atoms with van der Waals surface area (Å²) in [6, 6.07) is 26.5. The summed E-state index contributed by atoms with van der Waals surface area (Å²) in [5, 5.41) is 12.5. The Kier molecular flexibility index (Phi) is 6.33. The van der Waals surface area contributed by atoms with E-state index in [0.29, 0.717) is 12.3 Å². The number of rotatable bonds is 6. The number of hydrogen-bond donors (Lipinski definition) is 1. The van der Waals surface area contributed by atoms with Crippen LogP contribution in [0.5, 0.6) is 11.5 Å². The molecule has 3 aromatic rings. The maximum Gasteiger partial charge on any atom is 0.266 e. The van der Waals surface area contributed by atoms with Gasteiger partial charge in [-0.3, -0.25) is 4.79 Å². The third kappa shape index (κ3) is 4.71. The Hall–Kier alpha value is -4.30. The minimum Gasteiger partial charge on any atom is -0.494 e. The number of hydrogen-bond acceptors (Lipinski definition) is 4. The first kappa shape index (κ1) is 21.0. The van der Waals surface area contributed by atoms with Crippen molar-refractivity contribution in [3.8, 4) is 17.6 Å². The van der Waals surface area contributed by atoms with Gasteiger partial charge in [0.2, 0.25) is 0 Å². The van der Waals surface area contributed by atoms with Gasteiger partial charge in [0, 0.05) is 11.3 Å². The van der Waals surface area contributed by atoms with Crippen molar-refractivity contribution < 1.29 is 14.3 Å². The SMILES string of the molecule is CCOc1ccc(NC(=O)/C(C#N)=C/C2=Cc3ccccc3OC2c2ccccc2)cc1. The molecule has 1 amide bonds. The average Bonchev–Trinajstić information content (AvgIpc) is 2.84. The molecule has 0 saturated heterocycles. The molecule has 5 heteroatoms. The van der Waals surface area contributed by atoms with Gasteiger partial charge in [0.05, 0.1) is 6.61 Å². The molecule has 0 aliphatic carbocycles. The van der Waals surface area contributed by atoms with Crippen molar-refractivity contribution >= 4 is 17.7 Å². The van der Waals surface area contributed by atoms with Crippen molar-refractivity contribution in [2.75, 3.05) is 11.9 Å². The minimum absolute atomic E-state index is 0.00551. The van der Waals surface area contributed by atoms with E-state index >= 15 is 0 Å². The topological polar surface area (TPSA) is 71.3 Å².